The standard InChI is InChI=1S/C19H34N4O4S/c1-18(2,3)27-17(24)23-13-14(12-19(23,4)5)8-7-11-21-15-9-6-10-16(22-15)28(20,25)26/h6,9-10,14,17,24H,7-8,11-13H2,1-5H3,(H,21,22)(H2,20,25,26). The molecule has 2 rings (SSSR count). The fourth-order valence-electron chi connectivity index (χ4n) is 3.65. The number of anilines is 1. The van der Waals surface area contributed by atoms with Gasteiger partial charge in [0.05, 0.1) is 5.60 Å². The monoisotopic (exact) mass is 414 g/mol. The molecular weight excluding hydrogens is 380 g/mol. The molecule has 1 aliphatic heterocycles. The summed E-state index contributed by atoms with van der Waals surface area (Å²) in [6, 6.07) is 4.71. The van der Waals surface area contributed by atoms with Gasteiger partial charge < -0.3 is 15.2 Å². The van der Waals surface area contributed by atoms with Gasteiger partial charge in [0.2, 0.25) is 6.41 Å². The molecule has 1 aromatic rings. The zero-order valence-electron chi connectivity index (χ0n) is 17.5. The van der Waals surface area contributed by atoms with E-state index in [2.05, 4.69) is 24.1 Å². The summed E-state index contributed by atoms with van der Waals surface area (Å²) in [5.41, 5.74) is -0.538. The summed E-state index contributed by atoms with van der Waals surface area (Å²) in [5.74, 6) is 0.952. The number of pyridine rings is 1. The van der Waals surface area contributed by atoms with E-state index in [0.717, 1.165) is 25.8 Å². The van der Waals surface area contributed by atoms with Crippen molar-refractivity contribution in [2.24, 2.45) is 11.1 Å². The Morgan fingerprint density at radius 1 is 1.43 bits per heavy atom. The number of aliphatic hydroxyl groups excluding tert-OH is 1. The minimum atomic E-state index is -3.80. The number of primary sulfonamides is 1. The van der Waals surface area contributed by atoms with Gasteiger partial charge in [0.1, 0.15) is 5.82 Å². The van der Waals surface area contributed by atoms with Crippen molar-refractivity contribution in [3.05, 3.63) is 18.2 Å². The summed E-state index contributed by atoms with van der Waals surface area (Å²) in [5, 5.41) is 18.6. The quantitative estimate of drug-likeness (QED) is 0.440. The third-order valence-electron chi connectivity index (χ3n) is 4.86. The minimum absolute atomic E-state index is 0.131. The lowest BCUT2D eigenvalue weighted by Gasteiger charge is -2.37. The first-order valence-corrected chi connectivity index (χ1v) is 11.2. The molecule has 8 nitrogen and oxygen atoms in total. The zero-order valence-corrected chi connectivity index (χ0v) is 18.3. The highest BCUT2D eigenvalue weighted by molar-refractivity contribution is 7.89. The van der Waals surface area contributed by atoms with Gasteiger partial charge in [-0.3, -0.25) is 0 Å². The average Bonchev–Trinajstić information content (AvgIpc) is 2.84. The Morgan fingerprint density at radius 2 is 2.11 bits per heavy atom. The van der Waals surface area contributed by atoms with Crippen LogP contribution in [0.15, 0.2) is 23.2 Å². The number of hydrogen-bond acceptors (Lipinski definition) is 7. The second-order valence-electron chi connectivity index (χ2n) is 9.07. The Balaban J connectivity index is 1.83. The molecule has 160 valence electrons. The second-order valence-corrected chi connectivity index (χ2v) is 10.6. The van der Waals surface area contributed by atoms with Gasteiger partial charge >= 0.3 is 0 Å². The highest BCUT2D eigenvalue weighted by Gasteiger charge is 2.42. The van der Waals surface area contributed by atoms with E-state index >= 15 is 0 Å². The van der Waals surface area contributed by atoms with Crippen LogP contribution in [0, 0.1) is 5.92 Å². The van der Waals surface area contributed by atoms with Gasteiger partial charge in [-0.15, -0.1) is 0 Å². The van der Waals surface area contributed by atoms with E-state index in [0.29, 0.717) is 18.3 Å². The number of likely N-dealkylation sites (tertiary alicyclic amines) is 1. The van der Waals surface area contributed by atoms with E-state index in [-0.39, 0.29) is 10.6 Å². The maximum absolute atomic E-state index is 11.4. The molecule has 0 spiro atoms. The topological polar surface area (TPSA) is 118 Å². The summed E-state index contributed by atoms with van der Waals surface area (Å²) < 4.78 is 28.5. The van der Waals surface area contributed by atoms with Crippen LogP contribution in [0.25, 0.3) is 0 Å². The molecule has 2 atom stereocenters. The van der Waals surface area contributed by atoms with E-state index in [1.807, 2.05) is 25.7 Å². The fourth-order valence-corrected chi connectivity index (χ4v) is 4.15. The molecule has 1 aromatic heterocycles. The van der Waals surface area contributed by atoms with E-state index in [9.17, 15) is 13.5 Å². The Hall–Kier alpha value is -1.26. The summed E-state index contributed by atoms with van der Waals surface area (Å²) in [7, 11) is -3.80. The lowest BCUT2D eigenvalue weighted by molar-refractivity contribution is -0.251. The zero-order chi connectivity index (χ0) is 21.2. The van der Waals surface area contributed by atoms with Gasteiger partial charge in [-0.1, -0.05) is 6.07 Å². The third-order valence-corrected chi connectivity index (χ3v) is 5.67. The van der Waals surface area contributed by atoms with Crippen molar-refractivity contribution in [1.29, 1.82) is 0 Å². The molecule has 1 aliphatic rings. The number of aromatic nitrogens is 1. The van der Waals surface area contributed by atoms with Crippen LogP contribution in [0.1, 0.15) is 53.9 Å². The molecule has 0 bridgehead atoms. The number of sulfonamides is 1. The predicted octanol–water partition coefficient (Wildman–Crippen LogP) is 2.11. The highest BCUT2D eigenvalue weighted by atomic mass is 32.2. The van der Waals surface area contributed by atoms with Crippen LogP contribution in [0.5, 0.6) is 0 Å². The molecule has 4 N–H and O–H groups in total. The Bertz CT molecular complexity index is 761. The molecule has 2 heterocycles. The van der Waals surface area contributed by atoms with E-state index < -0.39 is 22.0 Å². The van der Waals surface area contributed by atoms with E-state index in [1.54, 1.807) is 12.1 Å². The molecule has 0 saturated carbocycles. The van der Waals surface area contributed by atoms with Crippen LogP contribution in [0.3, 0.4) is 0 Å². The number of nitrogens with two attached hydrogens (primary N) is 1. The normalized spacial score (nSPS) is 21.6. The third kappa shape index (κ3) is 6.66. The van der Waals surface area contributed by atoms with Crippen molar-refractivity contribution < 1.29 is 18.3 Å². The van der Waals surface area contributed by atoms with Gasteiger partial charge in [0, 0.05) is 18.6 Å². The van der Waals surface area contributed by atoms with Crippen LogP contribution in [-0.2, 0) is 14.8 Å². The van der Waals surface area contributed by atoms with Crippen molar-refractivity contribution in [3.8, 4) is 0 Å². The van der Waals surface area contributed by atoms with Crippen LogP contribution >= 0.6 is 0 Å². The van der Waals surface area contributed by atoms with Crippen molar-refractivity contribution in [1.82, 2.24) is 9.88 Å². The van der Waals surface area contributed by atoms with Crippen LogP contribution in [-0.4, -0.2) is 54.1 Å². The summed E-state index contributed by atoms with van der Waals surface area (Å²) in [6.45, 7) is 11.5. The number of rotatable bonds is 8. The maximum atomic E-state index is 11.4. The predicted molar refractivity (Wildman–Crippen MR) is 109 cm³/mol. The summed E-state index contributed by atoms with van der Waals surface area (Å²) >= 11 is 0. The molecule has 9 heteroatoms. The van der Waals surface area contributed by atoms with Gasteiger partial charge in [0.15, 0.2) is 5.03 Å². The van der Waals surface area contributed by atoms with E-state index in [1.165, 1.54) is 6.07 Å². The Kier molecular flexibility index (Phi) is 7.09. The molecule has 0 radical (unpaired) electrons. The van der Waals surface area contributed by atoms with Crippen LogP contribution in [0.2, 0.25) is 0 Å². The molecule has 0 aromatic carbocycles. The van der Waals surface area contributed by atoms with Gasteiger partial charge in [-0.05, 0) is 71.9 Å². The number of aliphatic hydroxyl groups is 1. The Labute approximate surface area is 168 Å². The first-order chi connectivity index (χ1) is 12.8. The lowest BCUT2D eigenvalue weighted by Crippen LogP contribution is -2.49. The average molecular weight is 415 g/mol. The van der Waals surface area contributed by atoms with Crippen molar-refractivity contribution >= 4 is 15.8 Å². The molecule has 1 saturated heterocycles. The second kappa shape index (κ2) is 8.62. The molecular formula is C19H34N4O4S. The van der Waals surface area contributed by atoms with Gasteiger partial charge in [-0.25, -0.2) is 23.4 Å². The Morgan fingerprint density at radius 3 is 2.71 bits per heavy atom. The SMILES string of the molecule is CC(C)(C)OC(O)N1CC(CCCNc2cccc(S(N)(=O)=O)n2)CC1(C)C. The molecule has 2 unspecified atom stereocenters. The largest absolute Gasteiger partial charge is 0.370 e. The highest BCUT2D eigenvalue weighted by Crippen LogP contribution is 2.36. The number of hydrogen-bond donors (Lipinski definition) is 3. The number of ether oxygens (including phenoxy) is 1. The summed E-state index contributed by atoms with van der Waals surface area (Å²) in [4.78, 5) is 6.05. The molecule has 0 aliphatic carbocycles. The minimum Gasteiger partial charge on any atom is -0.370 e. The van der Waals surface area contributed by atoms with Crippen LogP contribution in [0.4, 0.5) is 5.82 Å². The van der Waals surface area contributed by atoms with Crippen molar-refractivity contribution in [2.75, 3.05) is 18.4 Å². The van der Waals surface area contributed by atoms with E-state index in [4.69, 9.17) is 9.88 Å². The lowest BCUT2D eigenvalue weighted by atomic mass is 9.93. The summed E-state index contributed by atoms with van der Waals surface area (Å²) in [6.07, 6.45) is 1.97. The first-order valence-electron chi connectivity index (χ1n) is 9.64. The van der Waals surface area contributed by atoms with Gasteiger partial charge in [-0.2, -0.15) is 0 Å². The number of nitrogens with one attached hydrogen (secondary N) is 1. The number of nitrogens with zero attached hydrogens (tertiary/aromatic N) is 2. The van der Waals surface area contributed by atoms with Crippen LogP contribution < -0.4 is 10.5 Å². The molecule has 28 heavy (non-hydrogen) atoms. The first kappa shape index (κ1) is 23.0. The maximum Gasteiger partial charge on any atom is 0.255 e. The molecule has 0 amide bonds. The van der Waals surface area contributed by atoms with Gasteiger partial charge in [0.25, 0.3) is 10.0 Å². The molecule has 1 fully saturated rings. The smallest absolute Gasteiger partial charge is 0.255 e. The van der Waals surface area contributed by atoms with Crippen molar-refractivity contribution in [2.45, 2.75) is 76.5 Å². The fraction of sp³-hybridized carbons (Fsp3) is 0.737. The van der Waals surface area contributed by atoms with Crippen molar-refractivity contribution in [3.63, 3.8) is 0 Å².